The lowest BCUT2D eigenvalue weighted by atomic mass is 9.49. The van der Waals surface area contributed by atoms with Gasteiger partial charge in [-0.05, 0) is 68.2 Å². The van der Waals surface area contributed by atoms with Crippen LogP contribution in [0.15, 0.2) is 18.2 Å². The van der Waals surface area contributed by atoms with Crippen LogP contribution in [-0.4, -0.2) is 16.4 Å². The molecule has 0 aromatic heterocycles. The molecule has 6 nitrogen and oxygen atoms in total. The molecule has 4 bridgehead atoms. The Morgan fingerprint density at radius 1 is 1.19 bits per heavy atom. The number of amides is 1. The van der Waals surface area contributed by atoms with E-state index in [1.165, 1.54) is 39.0 Å². The molecule has 26 heavy (non-hydrogen) atoms. The highest BCUT2D eigenvalue weighted by molar-refractivity contribution is 5.93. The summed E-state index contributed by atoms with van der Waals surface area (Å²) < 4.78 is 6.54. The third-order valence-corrected chi connectivity index (χ3v) is 6.88. The first-order valence-electron chi connectivity index (χ1n) is 9.43. The predicted octanol–water partition coefficient (Wildman–Crippen LogP) is 4.15. The molecule has 6 heteroatoms. The van der Waals surface area contributed by atoms with Crippen molar-refractivity contribution in [3.63, 3.8) is 0 Å². The van der Waals surface area contributed by atoms with Gasteiger partial charge in [-0.1, -0.05) is 0 Å². The van der Waals surface area contributed by atoms with Gasteiger partial charge >= 0.3 is 5.69 Å². The van der Waals surface area contributed by atoms with E-state index in [2.05, 4.69) is 11.4 Å². The van der Waals surface area contributed by atoms with E-state index >= 15 is 0 Å². The fourth-order valence-electron chi connectivity index (χ4n) is 6.12. The van der Waals surface area contributed by atoms with Crippen LogP contribution in [0.25, 0.3) is 6.08 Å². The zero-order valence-corrected chi connectivity index (χ0v) is 14.7. The van der Waals surface area contributed by atoms with Crippen molar-refractivity contribution in [1.82, 2.24) is 0 Å². The van der Waals surface area contributed by atoms with Crippen molar-refractivity contribution in [2.45, 2.75) is 44.6 Å². The van der Waals surface area contributed by atoms with Gasteiger partial charge in [0.1, 0.15) is 17.0 Å². The summed E-state index contributed by atoms with van der Waals surface area (Å²) in [7, 11) is 0. The molecule has 1 aliphatic heterocycles. The monoisotopic (exact) mass is 354 g/mol. The molecule has 136 valence electrons. The van der Waals surface area contributed by atoms with E-state index < -0.39 is 4.92 Å². The van der Waals surface area contributed by atoms with Crippen LogP contribution in [0, 0.1) is 33.8 Å². The average Bonchev–Trinajstić information content (AvgIpc) is 2.58. The average molecular weight is 354 g/mol. The Balaban J connectivity index is 1.57. The summed E-state index contributed by atoms with van der Waals surface area (Å²) in [5.74, 6) is 2.93. The minimum absolute atomic E-state index is 0.0902. The number of ether oxygens (including phenoxy) is 1. The van der Waals surface area contributed by atoms with Crippen LogP contribution >= 0.6 is 0 Å². The predicted molar refractivity (Wildman–Crippen MR) is 96.8 cm³/mol. The summed E-state index contributed by atoms with van der Waals surface area (Å²) in [4.78, 5) is 22.6. The second-order valence-corrected chi connectivity index (χ2v) is 8.41. The van der Waals surface area contributed by atoms with Crippen LogP contribution in [0.4, 0.5) is 11.4 Å². The topological polar surface area (TPSA) is 81.5 Å². The maximum Gasteiger partial charge on any atom is 0.303 e. The Morgan fingerprint density at radius 2 is 1.85 bits per heavy atom. The number of fused-ring (bicyclic) bond motifs is 1. The lowest BCUT2D eigenvalue weighted by Gasteiger charge is -2.60. The smallest absolute Gasteiger partial charge is 0.303 e. The van der Waals surface area contributed by atoms with Gasteiger partial charge in [0.15, 0.2) is 0 Å². The van der Waals surface area contributed by atoms with Gasteiger partial charge < -0.3 is 10.1 Å². The lowest BCUT2D eigenvalue weighted by molar-refractivity contribution is -0.384. The molecule has 1 aromatic carbocycles. The van der Waals surface area contributed by atoms with Gasteiger partial charge in [-0.3, -0.25) is 14.9 Å². The number of benzene rings is 1. The molecule has 4 fully saturated rings. The number of anilines is 1. The molecule has 1 heterocycles. The second kappa shape index (κ2) is 5.32. The molecule has 4 aliphatic carbocycles. The Bertz CT molecular complexity index is 816. The Morgan fingerprint density at radius 3 is 2.42 bits per heavy atom. The van der Waals surface area contributed by atoms with E-state index in [1.807, 2.05) is 6.08 Å². The number of nitrogens with one attached hydrogen (secondary N) is 1. The summed E-state index contributed by atoms with van der Waals surface area (Å²) in [6.07, 6.45) is 10.2. The van der Waals surface area contributed by atoms with Crippen molar-refractivity contribution >= 4 is 23.4 Å². The summed E-state index contributed by atoms with van der Waals surface area (Å²) >= 11 is 0. The number of nitro groups is 1. The van der Waals surface area contributed by atoms with Gasteiger partial charge in [0.25, 0.3) is 0 Å². The van der Waals surface area contributed by atoms with Crippen LogP contribution in [0.2, 0.25) is 0 Å². The third-order valence-electron chi connectivity index (χ3n) is 6.88. The zero-order valence-electron chi connectivity index (χ0n) is 14.7. The van der Waals surface area contributed by atoms with E-state index in [1.54, 1.807) is 12.1 Å². The summed E-state index contributed by atoms with van der Waals surface area (Å²) in [5, 5.41) is 14.2. The van der Waals surface area contributed by atoms with Crippen LogP contribution < -0.4 is 10.1 Å². The van der Waals surface area contributed by atoms with Crippen LogP contribution in [0.3, 0.4) is 0 Å². The Kier molecular flexibility index (Phi) is 3.24. The lowest BCUT2D eigenvalue weighted by Crippen LogP contribution is -2.60. The Hall–Kier alpha value is -2.37. The zero-order chi connectivity index (χ0) is 18.1. The van der Waals surface area contributed by atoms with Crippen LogP contribution in [-0.2, 0) is 4.79 Å². The molecule has 5 aliphatic rings. The number of hydrogen-bond donors (Lipinski definition) is 1. The number of hydrogen-bond acceptors (Lipinski definition) is 4. The van der Waals surface area contributed by atoms with E-state index in [0.29, 0.717) is 23.1 Å². The van der Waals surface area contributed by atoms with Crippen molar-refractivity contribution in [3.8, 4) is 5.75 Å². The molecular formula is C20H22N2O4. The van der Waals surface area contributed by atoms with Gasteiger partial charge in [-0.2, -0.15) is 0 Å². The van der Waals surface area contributed by atoms with Gasteiger partial charge in [-0.25, -0.2) is 0 Å². The van der Waals surface area contributed by atoms with E-state index in [0.717, 1.165) is 11.8 Å². The van der Waals surface area contributed by atoms with Crippen molar-refractivity contribution in [2.24, 2.45) is 23.7 Å². The summed E-state index contributed by atoms with van der Waals surface area (Å²) in [6, 6.07) is 3.35. The maximum absolute atomic E-state index is 11.7. The van der Waals surface area contributed by atoms with E-state index in [9.17, 15) is 14.9 Å². The number of carbonyl (C=O) groups excluding carboxylic acids is 1. The molecule has 0 unspecified atom stereocenters. The maximum atomic E-state index is 11.7. The number of nitro benzene ring substituents is 1. The molecular weight excluding hydrogens is 332 g/mol. The first-order valence-corrected chi connectivity index (χ1v) is 9.43. The van der Waals surface area contributed by atoms with Gasteiger partial charge in [-0.15, -0.1) is 0 Å². The fourth-order valence-corrected chi connectivity index (χ4v) is 6.12. The molecule has 0 atom stereocenters. The highest BCUT2D eigenvalue weighted by atomic mass is 16.6. The molecule has 6 rings (SSSR count). The first kappa shape index (κ1) is 15.9. The van der Waals surface area contributed by atoms with Crippen LogP contribution in [0.1, 0.15) is 44.6 Å². The number of carbonyl (C=O) groups is 1. The third kappa shape index (κ3) is 2.14. The Labute approximate surface area is 151 Å². The largest absolute Gasteiger partial charge is 0.482 e. The van der Waals surface area contributed by atoms with Crippen molar-refractivity contribution < 1.29 is 14.5 Å². The minimum Gasteiger partial charge on any atom is -0.482 e. The second-order valence-electron chi connectivity index (χ2n) is 8.41. The summed E-state index contributed by atoms with van der Waals surface area (Å²) in [5.41, 5.74) is 0.285. The highest BCUT2D eigenvalue weighted by Crippen LogP contribution is 2.61. The standard InChI is InChI=1S/C20H22N2O4/c1-11(23)21-17-2-3-18-16(19(17)22(24)25)4-5-20(26-18)14-7-12-6-13(9-14)10-15(20)8-12/h2-5,12-15H,6-10H2,1H3,(H,21,23). The molecule has 1 spiro atoms. The number of nitrogens with zero attached hydrogens (tertiary/aromatic N) is 1. The van der Waals surface area contributed by atoms with Gasteiger partial charge in [0.2, 0.25) is 5.91 Å². The normalized spacial score (nSPS) is 35.9. The molecule has 1 amide bonds. The molecule has 4 saturated carbocycles. The van der Waals surface area contributed by atoms with Crippen molar-refractivity contribution in [3.05, 3.63) is 33.9 Å². The van der Waals surface area contributed by atoms with E-state index in [4.69, 9.17) is 4.74 Å². The van der Waals surface area contributed by atoms with Crippen molar-refractivity contribution in [1.29, 1.82) is 0 Å². The fraction of sp³-hybridized carbons (Fsp3) is 0.550. The molecule has 0 radical (unpaired) electrons. The number of rotatable bonds is 2. The van der Waals surface area contributed by atoms with Gasteiger partial charge in [0.05, 0.1) is 10.5 Å². The van der Waals surface area contributed by atoms with Gasteiger partial charge in [0, 0.05) is 18.8 Å². The first-order chi connectivity index (χ1) is 12.5. The molecule has 1 aromatic rings. The molecule has 1 N–H and O–H groups in total. The molecule has 0 saturated heterocycles. The minimum atomic E-state index is -0.438. The highest BCUT2D eigenvalue weighted by Gasteiger charge is 2.58. The van der Waals surface area contributed by atoms with E-state index in [-0.39, 0.29) is 22.9 Å². The van der Waals surface area contributed by atoms with Crippen LogP contribution in [0.5, 0.6) is 5.75 Å². The summed E-state index contributed by atoms with van der Waals surface area (Å²) in [6.45, 7) is 1.35. The van der Waals surface area contributed by atoms with Crippen molar-refractivity contribution in [2.75, 3.05) is 5.32 Å². The quantitative estimate of drug-likeness (QED) is 0.639. The SMILES string of the molecule is CC(=O)Nc1ccc2c(c1[N+](=O)[O-])C=CC1(O2)C2CC3CC(C2)CC1C3.